The molecule has 0 aromatic heterocycles. The molecule has 4 N–H and O–H groups in total. The second-order valence-electron chi connectivity index (χ2n) is 14.8. The van der Waals surface area contributed by atoms with Gasteiger partial charge in [-0.2, -0.15) is 0 Å². The van der Waals surface area contributed by atoms with Gasteiger partial charge in [0.15, 0.2) is 0 Å². The fourth-order valence-electron chi connectivity index (χ4n) is 8.65. The van der Waals surface area contributed by atoms with E-state index < -0.39 is 5.41 Å². The molecule has 9 rings (SSSR count). The van der Waals surface area contributed by atoms with Crippen LogP contribution < -0.4 is 21.3 Å². The Kier molecular flexibility index (Phi) is 9.31. The van der Waals surface area contributed by atoms with E-state index in [1.165, 1.54) is 44.5 Å². The van der Waals surface area contributed by atoms with E-state index in [-0.39, 0.29) is 0 Å². The molecule has 0 amide bonds. The Morgan fingerprint density at radius 2 is 0.632 bits per heavy atom. The van der Waals surface area contributed by atoms with Gasteiger partial charge in [-0.1, -0.05) is 111 Å². The minimum atomic E-state index is -0.548. The van der Waals surface area contributed by atoms with Gasteiger partial charge in [0.05, 0.1) is 5.41 Å². The molecule has 0 heterocycles. The summed E-state index contributed by atoms with van der Waals surface area (Å²) in [5, 5.41) is 0. The van der Waals surface area contributed by atoms with Crippen molar-refractivity contribution < 1.29 is 0 Å². The molecule has 4 nitrogen and oxygen atoms in total. The lowest BCUT2D eigenvalue weighted by atomic mass is 9.67. The summed E-state index contributed by atoms with van der Waals surface area (Å²) in [6.45, 7) is 4.38. The van der Waals surface area contributed by atoms with Gasteiger partial charge in [-0.15, -0.1) is 0 Å². The van der Waals surface area contributed by atoms with Crippen molar-refractivity contribution in [2.75, 3.05) is 21.3 Å². The molecule has 0 atom stereocenters. The fraction of sp³-hybridized carbons (Fsp3) is 0.0943. The highest BCUT2D eigenvalue weighted by molar-refractivity contribution is 5.87. The standard InChI is InChI=1S/C53H46N4/c1-3-37-13-25-43(26-14-37)56(47-33-21-41(54)22-34-47)45-29-17-39(18-30-45)53(51-11-7-5-9-49(51)50-10-6-8-12-52(50)53)40-19-31-46(32-20-40)57(48-35-23-42(55)24-36-48)44-27-15-38(4-2)16-28-44/h5-36H,3-4,54-55H2,1-2H3. The van der Waals surface area contributed by atoms with Crippen LogP contribution in [0.5, 0.6) is 0 Å². The number of rotatable bonds is 10. The van der Waals surface area contributed by atoms with Crippen molar-refractivity contribution >= 4 is 45.5 Å². The van der Waals surface area contributed by atoms with Crippen molar-refractivity contribution in [2.24, 2.45) is 0 Å². The zero-order valence-corrected chi connectivity index (χ0v) is 32.4. The van der Waals surface area contributed by atoms with E-state index in [2.05, 4.69) is 194 Å². The predicted molar refractivity (Wildman–Crippen MR) is 241 cm³/mol. The summed E-state index contributed by atoms with van der Waals surface area (Å²) < 4.78 is 0. The van der Waals surface area contributed by atoms with Crippen LogP contribution in [0.15, 0.2) is 194 Å². The summed E-state index contributed by atoms with van der Waals surface area (Å²) in [5.41, 5.74) is 29.8. The molecule has 0 aliphatic heterocycles. The third kappa shape index (κ3) is 6.30. The Morgan fingerprint density at radius 1 is 0.351 bits per heavy atom. The predicted octanol–water partition coefficient (Wildman–Crippen LogP) is 13.3. The maximum absolute atomic E-state index is 6.15. The molecule has 57 heavy (non-hydrogen) atoms. The molecule has 0 saturated carbocycles. The Labute approximate surface area is 336 Å². The number of nitrogen functional groups attached to an aromatic ring is 2. The molecular weight excluding hydrogens is 693 g/mol. The maximum atomic E-state index is 6.15. The first kappa shape index (κ1) is 35.6. The van der Waals surface area contributed by atoms with E-state index in [9.17, 15) is 0 Å². The zero-order chi connectivity index (χ0) is 38.9. The quantitative estimate of drug-likeness (QED) is 0.137. The third-order valence-corrected chi connectivity index (χ3v) is 11.6. The molecule has 8 aromatic rings. The van der Waals surface area contributed by atoms with Gasteiger partial charge in [0.2, 0.25) is 0 Å². The molecule has 0 unspecified atom stereocenters. The van der Waals surface area contributed by atoms with Gasteiger partial charge < -0.3 is 21.3 Å². The minimum Gasteiger partial charge on any atom is -0.399 e. The van der Waals surface area contributed by atoms with Crippen LogP contribution in [-0.2, 0) is 18.3 Å². The van der Waals surface area contributed by atoms with Gasteiger partial charge in [0.1, 0.15) is 0 Å². The number of anilines is 8. The molecule has 278 valence electrons. The van der Waals surface area contributed by atoms with Crippen molar-refractivity contribution in [3.05, 3.63) is 228 Å². The van der Waals surface area contributed by atoms with Crippen LogP contribution in [0.1, 0.15) is 47.2 Å². The number of nitrogens with two attached hydrogens (primary N) is 2. The van der Waals surface area contributed by atoms with Crippen LogP contribution in [0, 0.1) is 0 Å². The van der Waals surface area contributed by atoms with Gasteiger partial charge in [-0.3, -0.25) is 0 Å². The van der Waals surface area contributed by atoms with Crippen LogP contribution in [0.25, 0.3) is 11.1 Å². The lowest BCUT2D eigenvalue weighted by Gasteiger charge is -2.35. The van der Waals surface area contributed by atoms with E-state index >= 15 is 0 Å². The molecule has 8 aromatic carbocycles. The zero-order valence-electron chi connectivity index (χ0n) is 32.4. The summed E-state index contributed by atoms with van der Waals surface area (Å²) in [6, 6.07) is 70.1. The van der Waals surface area contributed by atoms with E-state index in [1.54, 1.807) is 0 Å². The number of hydrogen-bond acceptors (Lipinski definition) is 4. The first-order valence-electron chi connectivity index (χ1n) is 19.9. The van der Waals surface area contributed by atoms with Crippen LogP contribution in [-0.4, -0.2) is 0 Å². The molecule has 0 fully saturated rings. The lowest BCUT2D eigenvalue weighted by Crippen LogP contribution is -2.28. The van der Waals surface area contributed by atoms with Gasteiger partial charge in [0, 0.05) is 45.5 Å². The number of nitrogens with zero attached hydrogens (tertiary/aromatic N) is 2. The summed E-state index contributed by atoms with van der Waals surface area (Å²) in [5.74, 6) is 0. The molecular formula is C53H46N4. The smallest absolute Gasteiger partial charge is 0.0713 e. The van der Waals surface area contributed by atoms with E-state index in [0.717, 1.165) is 58.3 Å². The van der Waals surface area contributed by atoms with Gasteiger partial charge in [0.25, 0.3) is 0 Å². The first-order valence-corrected chi connectivity index (χ1v) is 19.9. The maximum Gasteiger partial charge on any atom is 0.0713 e. The Bertz CT molecular complexity index is 2440. The fourth-order valence-corrected chi connectivity index (χ4v) is 8.65. The minimum absolute atomic E-state index is 0.548. The Balaban J connectivity index is 1.20. The Hall–Kier alpha value is -7.04. The highest BCUT2D eigenvalue weighted by atomic mass is 15.1. The highest BCUT2D eigenvalue weighted by Gasteiger charge is 2.46. The second-order valence-corrected chi connectivity index (χ2v) is 14.8. The van der Waals surface area contributed by atoms with E-state index in [1.807, 2.05) is 24.3 Å². The molecule has 0 bridgehead atoms. The Morgan fingerprint density at radius 3 is 0.947 bits per heavy atom. The highest BCUT2D eigenvalue weighted by Crippen LogP contribution is 2.56. The molecule has 0 radical (unpaired) electrons. The number of hydrogen-bond donors (Lipinski definition) is 2. The van der Waals surface area contributed by atoms with Crippen LogP contribution in [0.2, 0.25) is 0 Å². The average molecular weight is 739 g/mol. The summed E-state index contributed by atoms with van der Waals surface area (Å²) in [7, 11) is 0. The largest absolute Gasteiger partial charge is 0.399 e. The first-order chi connectivity index (χ1) is 28.0. The summed E-state index contributed by atoms with van der Waals surface area (Å²) in [6.07, 6.45) is 1.99. The second kappa shape index (κ2) is 14.9. The number of aryl methyl sites for hydroxylation is 2. The van der Waals surface area contributed by atoms with E-state index in [4.69, 9.17) is 11.5 Å². The van der Waals surface area contributed by atoms with Crippen molar-refractivity contribution in [1.29, 1.82) is 0 Å². The molecule has 0 saturated heterocycles. The number of fused-ring (bicyclic) bond motifs is 3. The average Bonchev–Trinajstić information content (AvgIpc) is 3.57. The third-order valence-electron chi connectivity index (χ3n) is 11.6. The summed E-state index contributed by atoms with van der Waals surface area (Å²) >= 11 is 0. The van der Waals surface area contributed by atoms with Crippen molar-refractivity contribution in [1.82, 2.24) is 0 Å². The topological polar surface area (TPSA) is 58.5 Å². The van der Waals surface area contributed by atoms with Gasteiger partial charge in [-0.05, 0) is 154 Å². The van der Waals surface area contributed by atoms with Gasteiger partial charge >= 0.3 is 0 Å². The van der Waals surface area contributed by atoms with Crippen molar-refractivity contribution in [3.8, 4) is 11.1 Å². The lowest BCUT2D eigenvalue weighted by molar-refractivity contribution is 0.768. The van der Waals surface area contributed by atoms with Crippen LogP contribution in [0.3, 0.4) is 0 Å². The van der Waals surface area contributed by atoms with Crippen molar-refractivity contribution in [3.63, 3.8) is 0 Å². The molecule has 1 aliphatic rings. The normalized spacial score (nSPS) is 12.5. The van der Waals surface area contributed by atoms with Crippen LogP contribution >= 0.6 is 0 Å². The monoisotopic (exact) mass is 738 g/mol. The van der Waals surface area contributed by atoms with Gasteiger partial charge in [-0.25, -0.2) is 0 Å². The molecule has 4 heteroatoms. The molecule has 1 aliphatic carbocycles. The summed E-state index contributed by atoms with van der Waals surface area (Å²) in [4.78, 5) is 4.61. The van der Waals surface area contributed by atoms with Crippen LogP contribution in [0.4, 0.5) is 45.5 Å². The van der Waals surface area contributed by atoms with Crippen molar-refractivity contribution in [2.45, 2.75) is 32.1 Å². The number of benzene rings is 8. The molecule has 0 spiro atoms. The van der Waals surface area contributed by atoms with E-state index in [0.29, 0.717) is 0 Å². The SMILES string of the molecule is CCc1ccc(N(c2ccc(N)cc2)c2ccc(C3(c4ccc(N(c5ccc(N)cc5)c5ccc(CC)cc5)cc4)c4ccccc4-c4ccccc43)cc2)cc1.